The maximum absolute atomic E-state index is 12.5. The van der Waals surface area contributed by atoms with Crippen LogP contribution in [-0.4, -0.2) is 47.9 Å². The van der Waals surface area contributed by atoms with Gasteiger partial charge < -0.3 is 5.32 Å². The largest absolute Gasteiger partial charge is 0.325 e. The Balaban J connectivity index is 1.48. The summed E-state index contributed by atoms with van der Waals surface area (Å²) in [6.45, 7) is 6.35. The lowest BCUT2D eigenvalue weighted by atomic mass is 10.1. The van der Waals surface area contributed by atoms with E-state index in [4.69, 9.17) is 16.9 Å². The number of halogens is 1. The molecule has 140 valence electrons. The molecule has 1 aliphatic heterocycles. The smallest absolute Gasteiger partial charge is 0.241 e. The number of nitrogens with zero attached hydrogens (tertiary/aromatic N) is 3. The van der Waals surface area contributed by atoms with Crippen molar-refractivity contribution in [3.63, 3.8) is 0 Å². The second kappa shape index (κ2) is 9.01. The first-order chi connectivity index (χ1) is 13.0. The van der Waals surface area contributed by atoms with Crippen molar-refractivity contribution in [3.05, 3.63) is 64.7 Å². The SMILES string of the molecule is C[C@@H](C(=O)Nc1ccc(Cl)cc1)N1CCN(Cc2ccc(C#N)cc2)CC1. The van der Waals surface area contributed by atoms with Crippen molar-refractivity contribution in [3.8, 4) is 6.07 Å². The van der Waals surface area contributed by atoms with Crippen molar-refractivity contribution in [2.75, 3.05) is 31.5 Å². The summed E-state index contributed by atoms with van der Waals surface area (Å²) in [5.74, 6) is -0.00198. The Morgan fingerprint density at radius 2 is 1.74 bits per heavy atom. The molecule has 2 aromatic carbocycles. The van der Waals surface area contributed by atoms with Gasteiger partial charge in [-0.05, 0) is 48.9 Å². The normalized spacial score (nSPS) is 16.5. The van der Waals surface area contributed by atoms with Gasteiger partial charge in [0, 0.05) is 43.4 Å². The molecule has 2 aromatic rings. The standard InChI is InChI=1S/C21H23ClN4O/c1-16(21(27)24-20-8-6-19(22)7-9-20)26-12-10-25(11-13-26)15-18-4-2-17(14-23)3-5-18/h2-9,16H,10-13,15H2,1H3,(H,24,27)/t16-/m0/s1. The number of nitrogens with one attached hydrogen (secondary N) is 1. The van der Waals surface area contributed by atoms with Gasteiger partial charge in [-0.2, -0.15) is 5.26 Å². The van der Waals surface area contributed by atoms with Crippen LogP contribution in [0.25, 0.3) is 0 Å². The van der Waals surface area contributed by atoms with Gasteiger partial charge in [0.15, 0.2) is 0 Å². The average Bonchev–Trinajstić information content (AvgIpc) is 2.70. The summed E-state index contributed by atoms with van der Waals surface area (Å²) in [4.78, 5) is 17.1. The summed E-state index contributed by atoms with van der Waals surface area (Å²) in [5, 5.41) is 12.5. The van der Waals surface area contributed by atoms with Gasteiger partial charge in [0.05, 0.1) is 17.7 Å². The summed E-state index contributed by atoms with van der Waals surface area (Å²) >= 11 is 5.88. The third kappa shape index (κ3) is 5.30. The minimum Gasteiger partial charge on any atom is -0.325 e. The van der Waals surface area contributed by atoms with Gasteiger partial charge in [0.2, 0.25) is 5.91 Å². The minimum atomic E-state index is -0.183. The van der Waals surface area contributed by atoms with Gasteiger partial charge in [0.25, 0.3) is 0 Å². The molecule has 1 N–H and O–H groups in total. The fourth-order valence-corrected chi connectivity index (χ4v) is 3.32. The summed E-state index contributed by atoms with van der Waals surface area (Å²) in [5.41, 5.74) is 2.65. The van der Waals surface area contributed by atoms with Gasteiger partial charge in [0.1, 0.15) is 0 Å². The first-order valence-electron chi connectivity index (χ1n) is 9.07. The molecule has 1 saturated heterocycles. The van der Waals surface area contributed by atoms with E-state index < -0.39 is 0 Å². The maximum atomic E-state index is 12.5. The molecule has 6 heteroatoms. The van der Waals surface area contributed by atoms with E-state index in [1.165, 1.54) is 5.56 Å². The number of carbonyl (C=O) groups is 1. The quantitative estimate of drug-likeness (QED) is 0.861. The van der Waals surface area contributed by atoms with Crippen molar-refractivity contribution in [1.82, 2.24) is 9.80 Å². The second-order valence-corrected chi connectivity index (χ2v) is 7.23. The molecule has 0 unspecified atom stereocenters. The number of anilines is 1. The van der Waals surface area contributed by atoms with Crippen LogP contribution in [-0.2, 0) is 11.3 Å². The van der Waals surface area contributed by atoms with Gasteiger partial charge in [-0.3, -0.25) is 14.6 Å². The average molecular weight is 383 g/mol. The van der Waals surface area contributed by atoms with E-state index in [0.717, 1.165) is 38.4 Å². The molecular weight excluding hydrogens is 360 g/mol. The molecule has 0 aromatic heterocycles. The molecule has 5 nitrogen and oxygen atoms in total. The van der Waals surface area contributed by atoms with Crippen molar-refractivity contribution in [2.45, 2.75) is 19.5 Å². The highest BCUT2D eigenvalue weighted by molar-refractivity contribution is 6.30. The van der Waals surface area contributed by atoms with E-state index in [9.17, 15) is 4.79 Å². The molecule has 0 radical (unpaired) electrons. The molecule has 3 rings (SSSR count). The zero-order valence-corrected chi connectivity index (χ0v) is 16.1. The lowest BCUT2D eigenvalue weighted by Crippen LogP contribution is -2.52. The third-order valence-electron chi connectivity index (χ3n) is 4.94. The van der Waals surface area contributed by atoms with E-state index in [0.29, 0.717) is 10.6 Å². The van der Waals surface area contributed by atoms with Crippen molar-refractivity contribution in [2.24, 2.45) is 0 Å². The fourth-order valence-electron chi connectivity index (χ4n) is 3.20. The highest BCUT2D eigenvalue weighted by Gasteiger charge is 2.25. The zero-order chi connectivity index (χ0) is 19.2. The van der Waals surface area contributed by atoms with Crippen LogP contribution >= 0.6 is 11.6 Å². The molecule has 1 fully saturated rings. The van der Waals surface area contributed by atoms with Crippen LogP contribution in [0.5, 0.6) is 0 Å². The number of rotatable bonds is 5. The zero-order valence-electron chi connectivity index (χ0n) is 15.4. The van der Waals surface area contributed by atoms with Crippen LogP contribution in [0.4, 0.5) is 5.69 Å². The summed E-state index contributed by atoms with van der Waals surface area (Å²) < 4.78 is 0. The summed E-state index contributed by atoms with van der Waals surface area (Å²) in [6, 6.07) is 16.8. The second-order valence-electron chi connectivity index (χ2n) is 6.79. The lowest BCUT2D eigenvalue weighted by Gasteiger charge is -2.37. The number of carbonyl (C=O) groups excluding carboxylic acids is 1. The molecule has 1 atom stereocenters. The third-order valence-corrected chi connectivity index (χ3v) is 5.19. The van der Waals surface area contributed by atoms with Crippen LogP contribution in [0.1, 0.15) is 18.1 Å². The topological polar surface area (TPSA) is 59.4 Å². The molecule has 27 heavy (non-hydrogen) atoms. The minimum absolute atomic E-state index is 0.00198. The van der Waals surface area contributed by atoms with E-state index in [2.05, 4.69) is 21.2 Å². The Morgan fingerprint density at radius 3 is 2.33 bits per heavy atom. The van der Waals surface area contributed by atoms with Gasteiger partial charge in [-0.25, -0.2) is 0 Å². The Kier molecular flexibility index (Phi) is 6.46. The van der Waals surface area contributed by atoms with E-state index in [-0.39, 0.29) is 11.9 Å². The highest BCUT2D eigenvalue weighted by atomic mass is 35.5. The predicted octanol–water partition coefficient (Wildman–Crippen LogP) is 3.36. The van der Waals surface area contributed by atoms with Crippen LogP contribution < -0.4 is 5.32 Å². The first kappa shape index (κ1) is 19.4. The van der Waals surface area contributed by atoms with E-state index in [1.807, 2.05) is 43.3 Å². The molecular formula is C21H23ClN4O. The number of hydrogen-bond donors (Lipinski definition) is 1. The monoisotopic (exact) mass is 382 g/mol. The molecule has 1 amide bonds. The first-order valence-corrected chi connectivity index (χ1v) is 9.45. The van der Waals surface area contributed by atoms with Crippen LogP contribution in [0.3, 0.4) is 0 Å². The van der Waals surface area contributed by atoms with Crippen molar-refractivity contribution < 1.29 is 4.79 Å². The molecule has 1 aliphatic rings. The number of hydrogen-bond acceptors (Lipinski definition) is 4. The molecule has 0 bridgehead atoms. The van der Waals surface area contributed by atoms with Crippen LogP contribution in [0, 0.1) is 11.3 Å². The Labute approximate surface area is 165 Å². The van der Waals surface area contributed by atoms with Crippen LogP contribution in [0.15, 0.2) is 48.5 Å². The molecule has 0 aliphatic carbocycles. The summed E-state index contributed by atoms with van der Waals surface area (Å²) in [6.07, 6.45) is 0. The van der Waals surface area contributed by atoms with Gasteiger partial charge in [-0.1, -0.05) is 23.7 Å². The fraction of sp³-hybridized carbons (Fsp3) is 0.333. The van der Waals surface area contributed by atoms with Gasteiger partial charge in [-0.15, -0.1) is 0 Å². The number of piperazine rings is 1. The highest BCUT2D eigenvalue weighted by Crippen LogP contribution is 2.16. The van der Waals surface area contributed by atoms with E-state index >= 15 is 0 Å². The van der Waals surface area contributed by atoms with Crippen LogP contribution in [0.2, 0.25) is 5.02 Å². The maximum Gasteiger partial charge on any atom is 0.241 e. The Hall–Kier alpha value is -2.39. The predicted molar refractivity (Wildman–Crippen MR) is 108 cm³/mol. The van der Waals surface area contributed by atoms with Crippen molar-refractivity contribution >= 4 is 23.2 Å². The van der Waals surface area contributed by atoms with E-state index in [1.54, 1.807) is 12.1 Å². The number of amides is 1. The van der Waals surface area contributed by atoms with Gasteiger partial charge >= 0.3 is 0 Å². The number of nitriles is 1. The lowest BCUT2D eigenvalue weighted by molar-refractivity contribution is -0.121. The number of benzene rings is 2. The molecule has 0 spiro atoms. The Morgan fingerprint density at radius 1 is 1.11 bits per heavy atom. The summed E-state index contributed by atoms with van der Waals surface area (Å²) in [7, 11) is 0. The molecule has 0 saturated carbocycles. The molecule has 1 heterocycles. The Bertz CT molecular complexity index is 806. The van der Waals surface area contributed by atoms with Crippen molar-refractivity contribution in [1.29, 1.82) is 5.26 Å².